The fourth-order valence-corrected chi connectivity index (χ4v) is 7.95. The Morgan fingerprint density at radius 1 is 0.469 bits per heavy atom. The molecule has 0 saturated heterocycles. The molecule has 0 radical (unpaired) electrons. The zero-order valence-corrected chi connectivity index (χ0v) is 42.1. The molecule has 1 amide bonds. The first-order valence-electron chi connectivity index (χ1n) is 27.2. The van der Waals surface area contributed by atoms with Gasteiger partial charge < -0.3 is 20.3 Å². The Balaban J connectivity index is 4.71. The van der Waals surface area contributed by atoms with Gasteiger partial charge in [0.05, 0.1) is 25.2 Å². The summed E-state index contributed by atoms with van der Waals surface area (Å²) in [5.41, 5.74) is 0. The third-order valence-electron chi connectivity index (χ3n) is 12.0. The predicted molar refractivity (Wildman–Crippen MR) is 278 cm³/mol. The third-order valence-corrected chi connectivity index (χ3v) is 12.0. The van der Waals surface area contributed by atoms with E-state index in [9.17, 15) is 19.8 Å². The highest BCUT2D eigenvalue weighted by Gasteiger charge is 2.24. The Morgan fingerprint density at radius 3 is 1.30 bits per heavy atom. The number of carbonyl (C=O) groups is 2. The molecule has 0 aliphatic carbocycles. The number of unbranched alkanes of at least 4 members (excludes halogenated alkanes) is 24. The summed E-state index contributed by atoms with van der Waals surface area (Å²) in [7, 11) is 0. The van der Waals surface area contributed by atoms with Gasteiger partial charge in [0.25, 0.3) is 0 Å². The molecule has 6 heteroatoms. The van der Waals surface area contributed by atoms with E-state index in [2.05, 4.69) is 92.9 Å². The fraction of sp³-hybridized carbons (Fsp3) is 0.759. The van der Waals surface area contributed by atoms with Crippen molar-refractivity contribution in [3.8, 4) is 0 Å². The van der Waals surface area contributed by atoms with Crippen LogP contribution in [0.2, 0.25) is 0 Å². The quantitative estimate of drug-likeness (QED) is 0.0321. The second-order valence-electron chi connectivity index (χ2n) is 18.2. The number of allylic oxidation sites excluding steroid dienone is 12. The topological polar surface area (TPSA) is 95.9 Å². The standard InChI is InChI=1S/C58H103NO5/c1-4-7-10-13-16-19-22-25-27-29-32-34-37-40-43-46-49-54(64-58(63)51-48-45-42-39-36-33-30-28-26-23-20-17-14-11-8-5-2)52-57(62)59-55(53-60)56(61)50-47-44-41-38-35-31-24-21-18-15-12-9-6-3/h8,11,17,20,26,28,32-34,36,42,45,54-56,60-61H,4-7,9-10,12-16,18-19,21-25,27,29-31,35,37-41,43-44,46-53H2,1-3H3,(H,59,62)/b11-8+,20-17+,28-26+,34-32+,36-33+,45-42+. The smallest absolute Gasteiger partial charge is 0.306 e. The van der Waals surface area contributed by atoms with E-state index in [-0.39, 0.29) is 31.3 Å². The SMILES string of the molecule is CC/C=C/C/C=C/C/C=C/C/C=C/C/C=C/CCC(=O)OC(CCCCC/C=C/CCCCCCCCCCC)CC(=O)NC(CO)C(O)CCCCCCCCCCCCCCC. The van der Waals surface area contributed by atoms with E-state index in [1.54, 1.807) is 0 Å². The minimum atomic E-state index is -0.806. The van der Waals surface area contributed by atoms with Gasteiger partial charge in [0, 0.05) is 6.42 Å². The molecule has 3 N–H and O–H groups in total. The molecule has 0 aliphatic rings. The van der Waals surface area contributed by atoms with Crippen molar-refractivity contribution in [2.45, 2.75) is 277 Å². The molecule has 64 heavy (non-hydrogen) atoms. The molecule has 0 heterocycles. The second-order valence-corrected chi connectivity index (χ2v) is 18.2. The number of carbonyl (C=O) groups excluding carboxylic acids is 2. The lowest BCUT2D eigenvalue weighted by atomic mass is 10.0. The lowest BCUT2D eigenvalue weighted by Gasteiger charge is -2.24. The molecule has 3 unspecified atom stereocenters. The molecule has 0 fully saturated rings. The third kappa shape index (κ3) is 45.9. The molecule has 0 aliphatic heterocycles. The summed E-state index contributed by atoms with van der Waals surface area (Å²) in [6, 6.07) is -0.723. The summed E-state index contributed by atoms with van der Waals surface area (Å²) in [6.45, 7) is 6.36. The van der Waals surface area contributed by atoms with E-state index >= 15 is 0 Å². The van der Waals surface area contributed by atoms with Crippen LogP contribution in [0.25, 0.3) is 0 Å². The van der Waals surface area contributed by atoms with Crippen LogP contribution in [0.3, 0.4) is 0 Å². The van der Waals surface area contributed by atoms with Gasteiger partial charge in [0.15, 0.2) is 0 Å². The number of aliphatic hydroxyl groups is 2. The minimum absolute atomic E-state index is 0.0357. The summed E-state index contributed by atoms with van der Waals surface area (Å²) in [5, 5.41) is 23.8. The van der Waals surface area contributed by atoms with Crippen molar-refractivity contribution in [1.82, 2.24) is 5.32 Å². The van der Waals surface area contributed by atoms with Gasteiger partial charge in [0.2, 0.25) is 5.91 Å². The van der Waals surface area contributed by atoms with Crippen molar-refractivity contribution in [3.05, 3.63) is 72.9 Å². The number of aliphatic hydroxyl groups excluding tert-OH is 2. The van der Waals surface area contributed by atoms with Crippen molar-refractivity contribution < 1.29 is 24.5 Å². The highest BCUT2D eigenvalue weighted by molar-refractivity contribution is 5.77. The Labute approximate surface area is 396 Å². The second kappa shape index (κ2) is 51.3. The molecular formula is C58H103NO5. The van der Waals surface area contributed by atoms with Crippen LogP contribution >= 0.6 is 0 Å². The number of nitrogens with one attached hydrogen (secondary N) is 1. The molecule has 0 saturated carbocycles. The molecule has 3 atom stereocenters. The highest BCUT2D eigenvalue weighted by atomic mass is 16.5. The Hall–Kier alpha value is -2.70. The summed E-state index contributed by atoms with van der Waals surface area (Å²) >= 11 is 0. The monoisotopic (exact) mass is 894 g/mol. The molecule has 370 valence electrons. The maximum Gasteiger partial charge on any atom is 0.306 e. The van der Waals surface area contributed by atoms with Gasteiger partial charge in [-0.2, -0.15) is 0 Å². The van der Waals surface area contributed by atoms with E-state index in [0.29, 0.717) is 19.3 Å². The lowest BCUT2D eigenvalue weighted by Crippen LogP contribution is -2.46. The van der Waals surface area contributed by atoms with Gasteiger partial charge in [-0.05, 0) is 83.5 Å². The van der Waals surface area contributed by atoms with Crippen molar-refractivity contribution in [3.63, 3.8) is 0 Å². The van der Waals surface area contributed by atoms with Gasteiger partial charge >= 0.3 is 5.97 Å². The molecule has 0 aromatic heterocycles. The van der Waals surface area contributed by atoms with Crippen LogP contribution in [0, 0.1) is 0 Å². The first kappa shape index (κ1) is 61.3. The van der Waals surface area contributed by atoms with Crippen LogP contribution in [0.15, 0.2) is 72.9 Å². The van der Waals surface area contributed by atoms with Crippen LogP contribution in [0.4, 0.5) is 0 Å². The largest absolute Gasteiger partial charge is 0.462 e. The van der Waals surface area contributed by atoms with Crippen LogP contribution in [-0.4, -0.2) is 46.9 Å². The van der Waals surface area contributed by atoms with Gasteiger partial charge in [-0.1, -0.05) is 235 Å². The van der Waals surface area contributed by atoms with Crippen molar-refractivity contribution in [1.29, 1.82) is 0 Å². The molecule has 0 aromatic rings. The molecular weight excluding hydrogens is 791 g/mol. The molecule has 0 spiro atoms. The van der Waals surface area contributed by atoms with Crippen LogP contribution in [0.1, 0.15) is 258 Å². The normalized spacial score (nSPS) is 13.8. The van der Waals surface area contributed by atoms with Crippen LogP contribution < -0.4 is 5.32 Å². The average molecular weight is 894 g/mol. The van der Waals surface area contributed by atoms with Crippen LogP contribution in [0.5, 0.6) is 0 Å². The molecule has 6 nitrogen and oxygen atoms in total. The summed E-state index contributed by atoms with van der Waals surface area (Å²) in [4.78, 5) is 26.2. The number of esters is 1. The van der Waals surface area contributed by atoms with Gasteiger partial charge in [-0.15, -0.1) is 0 Å². The first-order valence-corrected chi connectivity index (χ1v) is 27.2. The number of rotatable bonds is 48. The van der Waals surface area contributed by atoms with Crippen molar-refractivity contribution in [2.24, 2.45) is 0 Å². The Morgan fingerprint density at radius 2 is 0.844 bits per heavy atom. The van der Waals surface area contributed by atoms with Crippen LogP contribution in [-0.2, 0) is 14.3 Å². The number of ether oxygens (including phenoxy) is 1. The van der Waals surface area contributed by atoms with Gasteiger partial charge in [-0.3, -0.25) is 9.59 Å². The minimum Gasteiger partial charge on any atom is -0.462 e. The van der Waals surface area contributed by atoms with Gasteiger partial charge in [0.1, 0.15) is 6.10 Å². The maximum absolute atomic E-state index is 13.2. The highest BCUT2D eigenvalue weighted by Crippen LogP contribution is 2.17. The van der Waals surface area contributed by atoms with Crippen molar-refractivity contribution >= 4 is 11.9 Å². The van der Waals surface area contributed by atoms with E-state index in [0.717, 1.165) is 83.5 Å². The zero-order chi connectivity index (χ0) is 46.7. The molecule has 0 aromatic carbocycles. The molecule has 0 rings (SSSR count). The Kier molecular flexibility index (Phi) is 49.1. The van der Waals surface area contributed by atoms with E-state index < -0.39 is 18.2 Å². The molecule has 0 bridgehead atoms. The fourth-order valence-electron chi connectivity index (χ4n) is 7.95. The number of hydrogen-bond donors (Lipinski definition) is 3. The lowest BCUT2D eigenvalue weighted by molar-refractivity contribution is -0.150. The Bertz CT molecular complexity index is 1190. The first-order chi connectivity index (χ1) is 31.5. The zero-order valence-electron chi connectivity index (χ0n) is 42.1. The van der Waals surface area contributed by atoms with E-state index in [4.69, 9.17) is 4.74 Å². The summed E-state index contributed by atoms with van der Waals surface area (Å²) < 4.78 is 5.90. The van der Waals surface area contributed by atoms with Crippen molar-refractivity contribution in [2.75, 3.05) is 6.61 Å². The van der Waals surface area contributed by atoms with Gasteiger partial charge in [-0.25, -0.2) is 0 Å². The average Bonchev–Trinajstić information content (AvgIpc) is 3.29. The summed E-state index contributed by atoms with van der Waals surface area (Å²) in [6.07, 6.45) is 65.4. The predicted octanol–water partition coefficient (Wildman–Crippen LogP) is 16.6. The van der Waals surface area contributed by atoms with E-state index in [1.807, 2.05) is 6.08 Å². The summed E-state index contributed by atoms with van der Waals surface area (Å²) in [5.74, 6) is -0.586. The number of hydrogen-bond acceptors (Lipinski definition) is 5. The van der Waals surface area contributed by atoms with E-state index in [1.165, 1.54) is 122 Å². The maximum atomic E-state index is 13.2. The number of amides is 1.